The van der Waals surface area contributed by atoms with Crippen LogP contribution in [0, 0.1) is 5.92 Å². The lowest BCUT2D eigenvalue weighted by Gasteiger charge is -2.50. The highest BCUT2D eigenvalue weighted by Gasteiger charge is 2.43. The Morgan fingerprint density at radius 3 is 2.33 bits per heavy atom. The molecule has 1 N–H and O–H groups in total. The van der Waals surface area contributed by atoms with Crippen LogP contribution in [0.1, 0.15) is 75.0 Å². The Bertz CT molecular complexity index is 958. The van der Waals surface area contributed by atoms with Gasteiger partial charge in [0.2, 0.25) is 0 Å². The number of aldehydes is 1. The molecule has 3 fully saturated rings. The summed E-state index contributed by atoms with van der Waals surface area (Å²) >= 11 is 0. The summed E-state index contributed by atoms with van der Waals surface area (Å²) in [5.41, 5.74) is 1.94. The molecular weight excluding hydrogens is 452 g/mol. The van der Waals surface area contributed by atoms with Crippen LogP contribution in [-0.4, -0.2) is 59.6 Å². The van der Waals surface area contributed by atoms with Crippen molar-refractivity contribution in [3.63, 3.8) is 0 Å². The summed E-state index contributed by atoms with van der Waals surface area (Å²) in [6.07, 6.45) is 9.46. The summed E-state index contributed by atoms with van der Waals surface area (Å²) in [5.74, 6) is 1.20. The van der Waals surface area contributed by atoms with Gasteiger partial charge in [0.05, 0.1) is 18.7 Å². The summed E-state index contributed by atoms with van der Waals surface area (Å²) < 4.78 is 6.09. The lowest BCUT2D eigenvalue weighted by atomic mass is 9.81. The van der Waals surface area contributed by atoms with Gasteiger partial charge in [-0.25, -0.2) is 4.79 Å². The molecule has 2 aromatic rings. The zero-order valence-corrected chi connectivity index (χ0v) is 21.3. The fourth-order valence-corrected chi connectivity index (χ4v) is 5.84. The van der Waals surface area contributed by atoms with Crippen molar-refractivity contribution in [2.75, 3.05) is 26.2 Å². The summed E-state index contributed by atoms with van der Waals surface area (Å²) in [6, 6.07) is 17.6. The van der Waals surface area contributed by atoms with Gasteiger partial charge in [-0.3, -0.25) is 4.90 Å². The highest BCUT2D eigenvalue weighted by molar-refractivity contribution is 5.67. The van der Waals surface area contributed by atoms with Crippen molar-refractivity contribution >= 4 is 12.4 Å². The van der Waals surface area contributed by atoms with E-state index in [0.29, 0.717) is 18.9 Å². The number of benzene rings is 2. The Hall–Kier alpha value is -2.86. The van der Waals surface area contributed by atoms with Crippen LogP contribution >= 0.6 is 0 Å². The third-order valence-electron chi connectivity index (χ3n) is 7.75. The van der Waals surface area contributed by atoms with Gasteiger partial charge in [-0.2, -0.15) is 0 Å². The first-order valence-electron chi connectivity index (χ1n) is 13.6. The third-order valence-corrected chi connectivity index (χ3v) is 7.75. The van der Waals surface area contributed by atoms with Crippen LogP contribution in [-0.2, 0) is 4.79 Å². The average molecular weight is 493 g/mol. The number of unbranched alkanes of at least 4 members (excludes halogenated alkanes) is 6. The van der Waals surface area contributed by atoms with Gasteiger partial charge in [-0.1, -0.05) is 68.1 Å². The predicted molar refractivity (Wildman–Crippen MR) is 141 cm³/mol. The molecule has 0 spiro atoms. The van der Waals surface area contributed by atoms with Crippen molar-refractivity contribution in [2.45, 2.75) is 69.9 Å². The van der Waals surface area contributed by atoms with E-state index >= 15 is 0 Å². The maximum Gasteiger partial charge on any atom is 0.408 e. The van der Waals surface area contributed by atoms with E-state index in [1.165, 1.54) is 0 Å². The van der Waals surface area contributed by atoms with Crippen LogP contribution in [0.25, 0.3) is 0 Å². The minimum atomic E-state index is -0.859. The highest BCUT2D eigenvalue weighted by Crippen LogP contribution is 2.39. The van der Waals surface area contributed by atoms with Gasteiger partial charge in [-0.15, -0.1) is 0 Å². The van der Waals surface area contributed by atoms with Crippen LogP contribution in [0.2, 0.25) is 0 Å². The van der Waals surface area contributed by atoms with Crippen molar-refractivity contribution in [1.29, 1.82) is 0 Å². The van der Waals surface area contributed by atoms with Crippen LogP contribution in [0.5, 0.6) is 5.75 Å². The second kappa shape index (κ2) is 13.4. The molecule has 0 aliphatic carbocycles. The summed E-state index contributed by atoms with van der Waals surface area (Å²) in [4.78, 5) is 27.3. The monoisotopic (exact) mass is 492 g/mol. The summed E-state index contributed by atoms with van der Waals surface area (Å²) in [7, 11) is 0. The normalized spacial score (nSPS) is 21.6. The van der Waals surface area contributed by atoms with Gasteiger partial charge >= 0.3 is 6.09 Å². The maximum atomic E-state index is 12.8. The second-order valence-corrected chi connectivity index (χ2v) is 10.2. The number of hydrogen-bond donors (Lipinski definition) is 1. The molecule has 2 aromatic carbocycles. The minimum absolute atomic E-state index is 0.00804. The van der Waals surface area contributed by atoms with Crippen LogP contribution in [0.3, 0.4) is 0 Å². The van der Waals surface area contributed by atoms with E-state index < -0.39 is 6.09 Å². The molecule has 6 nitrogen and oxygen atoms in total. The van der Waals surface area contributed by atoms with E-state index in [1.807, 2.05) is 54.6 Å². The van der Waals surface area contributed by atoms with E-state index in [1.54, 1.807) is 4.90 Å². The van der Waals surface area contributed by atoms with Crippen LogP contribution < -0.4 is 4.74 Å². The molecule has 194 valence electrons. The highest BCUT2D eigenvalue weighted by atomic mass is 16.5. The molecule has 5 rings (SSSR count). The SMILES string of the molecule is O=CCCCCCCCCOc1cccc(C(c2ccccc2)N(C(=O)O)[C@H]2CN3CCC2CC3)c1. The van der Waals surface area contributed by atoms with Gasteiger partial charge in [0.1, 0.15) is 12.0 Å². The topological polar surface area (TPSA) is 70.1 Å². The Kier molecular flexibility index (Phi) is 9.79. The molecule has 0 saturated carbocycles. The number of carbonyl (C=O) groups excluding carboxylic acids is 1. The second-order valence-electron chi connectivity index (χ2n) is 10.2. The van der Waals surface area contributed by atoms with Gasteiger partial charge in [0.25, 0.3) is 0 Å². The summed E-state index contributed by atoms with van der Waals surface area (Å²) in [6.45, 7) is 3.61. The molecule has 2 atom stereocenters. The smallest absolute Gasteiger partial charge is 0.408 e. The number of piperidine rings is 3. The molecule has 36 heavy (non-hydrogen) atoms. The van der Waals surface area contributed by atoms with Crippen LogP contribution in [0.4, 0.5) is 4.79 Å². The quantitative estimate of drug-likeness (QED) is 0.253. The largest absolute Gasteiger partial charge is 0.494 e. The fraction of sp³-hybridized carbons (Fsp3) is 0.533. The Labute approximate surface area is 215 Å². The standard InChI is InChI=1S/C30H40N2O4/c33-20-9-4-2-1-3-5-10-21-36-27-15-11-14-26(22-27)29(25-12-7-6-8-13-25)32(30(34)35)28-23-31-18-16-24(28)17-19-31/h6-8,11-15,20,22,24,28-29H,1-5,9-10,16-19,21,23H2,(H,34,35)/t28-,29?/m0/s1. The molecule has 6 heteroatoms. The summed E-state index contributed by atoms with van der Waals surface area (Å²) in [5, 5.41) is 10.5. The average Bonchev–Trinajstić information content (AvgIpc) is 2.92. The first kappa shape index (κ1) is 26.2. The zero-order valence-electron chi connectivity index (χ0n) is 21.3. The number of ether oxygens (including phenoxy) is 1. The number of carboxylic acid groups (broad SMARTS) is 1. The third kappa shape index (κ3) is 6.88. The lowest BCUT2D eigenvalue weighted by Crippen LogP contribution is -2.59. The molecule has 3 aliphatic rings. The van der Waals surface area contributed by atoms with Gasteiger partial charge in [0, 0.05) is 13.0 Å². The number of rotatable bonds is 14. The zero-order chi connectivity index (χ0) is 25.2. The number of amides is 1. The van der Waals surface area contributed by atoms with Crippen molar-refractivity contribution in [2.24, 2.45) is 5.92 Å². The van der Waals surface area contributed by atoms with Gasteiger partial charge < -0.3 is 19.5 Å². The predicted octanol–water partition coefficient (Wildman–Crippen LogP) is 6.16. The Balaban J connectivity index is 1.45. The van der Waals surface area contributed by atoms with E-state index in [4.69, 9.17) is 4.74 Å². The van der Waals surface area contributed by atoms with Crippen molar-refractivity contribution in [1.82, 2.24) is 9.80 Å². The van der Waals surface area contributed by atoms with Crippen molar-refractivity contribution < 1.29 is 19.4 Å². The van der Waals surface area contributed by atoms with E-state index in [9.17, 15) is 14.7 Å². The molecule has 2 bridgehead atoms. The van der Waals surface area contributed by atoms with Crippen molar-refractivity contribution in [3.05, 3.63) is 65.7 Å². The first-order valence-corrected chi connectivity index (χ1v) is 13.6. The maximum absolute atomic E-state index is 12.8. The van der Waals surface area contributed by atoms with E-state index in [2.05, 4.69) is 4.90 Å². The number of nitrogens with zero attached hydrogens (tertiary/aromatic N) is 2. The van der Waals surface area contributed by atoms with E-state index in [0.717, 1.165) is 94.2 Å². The minimum Gasteiger partial charge on any atom is -0.494 e. The number of hydrogen-bond acceptors (Lipinski definition) is 4. The molecule has 0 radical (unpaired) electrons. The fourth-order valence-electron chi connectivity index (χ4n) is 5.84. The van der Waals surface area contributed by atoms with Gasteiger partial charge in [-0.05, 0) is 68.0 Å². The molecule has 0 aromatic heterocycles. The van der Waals surface area contributed by atoms with Gasteiger partial charge in [0.15, 0.2) is 0 Å². The molecule has 1 unspecified atom stereocenters. The van der Waals surface area contributed by atoms with Crippen molar-refractivity contribution in [3.8, 4) is 5.75 Å². The lowest BCUT2D eigenvalue weighted by molar-refractivity contribution is -0.107. The molecular formula is C30H40N2O4. The number of carbonyl (C=O) groups is 2. The number of fused-ring (bicyclic) bond motifs is 3. The van der Waals surface area contributed by atoms with Crippen LogP contribution in [0.15, 0.2) is 54.6 Å². The van der Waals surface area contributed by atoms with E-state index in [-0.39, 0.29) is 12.1 Å². The Morgan fingerprint density at radius 1 is 0.972 bits per heavy atom. The molecule has 3 aliphatic heterocycles. The Morgan fingerprint density at radius 2 is 1.67 bits per heavy atom. The first-order chi connectivity index (χ1) is 17.7. The molecule has 3 saturated heterocycles. The molecule has 3 heterocycles. The molecule has 1 amide bonds.